The van der Waals surface area contributed by atoms with Crippen LogP contribution in [0.25, 0.3) is 5.57 Å². The van der Waals surface area contributed by atoms with Gasteiger partial charge in [-0.2, -0.15) is 0 Å². The van der Waals surface area contributed by atoms with Crippen LogP contribution in [0.2, 0.25) is 0 Å². The van der Waals surface area contributed by atoms with Crippen LogP contribution in [0.4, 0.5) is 0 Å². The van der Waals surface area contributed by atoms with Crippen molar-refractivity contribution in [3.8, 4) is 0 Å². The van der Waals surface area contributed by atoms with E-state index in [1.807, 2.05) is 60.7 Å². The first-order valence-electron chi connectivity index (χ1n) is 5.93. The van der Waals surface area contributed by atoms with Gasteiger partial charge in [-0.25, -0.2) is 9.59 Å². The molecule has 0 saturated heterocycles. The molecular formula is C16H12O4. The monoisotopic (exact) mass is 268 g/mol. The van der Waals surface area contributed by atoms with E-state index in [1.165, 1.54) is 6.26 Å². The zero-order valence-corrected chi connectivity index (χ0v) is 10.5. The first kappa shape index (κ1) is 13.5. The molecule has 2 aromatic rings. The largest absolute Gasteiger partial charge is 0.473 e. The molecule has 2 aromatic carbocycles. The third kappa shape index (κ3) is 3.32. The summed E-state index contributed by atoms with van der Waals surface area (Å²) in [5, 5.41) is 8.53. The van der Waals surface area contributed by atoms with Crippen molar-refractivity contribution in [1.82, 2.24) is 0 Å². The van der Waals surface area contributed by atoms with E-state index in [-0.39, 0.29) is 0 Å². The fourth-order valence-electron chi connectivity index (χ4n) is 1.70. The summed E-state index contributed by atoms with van der Waals surface area (Å²) >= 11 is 0. The Morgan fingerprint density at radius 2 is 1.30 bits per heavy atom. The van der Waals surface area contributed by atoms with Gasteiger partial charge in [-0.1, -0.05) is 60.7 Å². The lowest BCUT2D eigenvalue weighted by molar-refractivity contribution is -0.160. The van der Waals surface area contributed by atoms with E-state index in [1.54, 1.807) is 0 Å². The van der Waals surface area contributed by atoms with Crippen LogP contribution >= 0.6 is 0 Å². The molecular weight excluding hydrogens is 256 g/mol. The second kappa shape index (κ2) is 6.33. The lowest BCUT2D eigenvalue weighted by Gasteiger charge is -2.07. The van der Waals surface area contributed by atoms with Crippen molar-refractivity contribution in [3.63, 3.8) is 0 Å². The molecule has 20 heavy (non-hydrogen) atoms. The summed E-state index contributed by atoms with van der Waals surface area (Å²) in [6, 6.07) is 18.6. The number of carboxylic acids is 1. The summed E-state index contributed by atoms with van der Waals surface area (Å²) in [5.41, 5.74) is 2.30. The smallest absolute Gasteiger partial charge is 0.422 e. The number of carbonyl (C=O) groups is 2. The fraction of sp³-hybridized carbons (Fsp3) is 0. The molecule has 4 heteroatoms. The van der Waals surface area contributed by atoms with Crippen molar-refractivity contribution in [2.45, 2.75) is 0 Å². The van der Waals surface area contributed by atoms with Gasteiger partial charge >= 0.3 is 11.9 Å². The molecule has 0 amide bonds. The van der Waals surface area contributed by atoms with Crippen LogP contribution in [0.5, 0.6) is 0 Å². The highest BCUT2D eigenvalue weighted by Gasteiger charge is 2.13. The third-order valence-corrected chi connectivity index (χ3v) is 2.63. The Morgan fingerprint density at radius 1 is 0.850 bits per heavy atom. The molecule has 0 atom stereocenters. The Morgan fingerprint density at radius 3 is 1.70 bits per heavy atom. The van der Waals surface area contributed by atoms with E-state index in [2.05, 4.69) is 4.74 Å². The molecule has 0 aliphatic heterocycles. The van der Waals surface area contributed by atoms with Gasteiger partial charge in [0.25, 0.3) is 0 Å². The van der Waals surface area contributed by atoms with Crippen molar-refractivity contribution >= 4 is 17.5 Å². The number of hydrogen-bond donors (Lipinski definition) is 1. The van der Waals surface area contributed by atoms with E-state index >= 15 is 0 Å². The maximum absolute atomic E-state index is 11.0. The number of carboxylic acid groups (broad SMARTS) is 1. The van der Waals surface area contributed by atoms with Gasteiger partial charge in [0.05, 0.1) is 0 Å². The first-order valence-corrected chi connectivity index (χ1v) is 5.93. The topological polar surface area (TPSA) is 63.6 Å². The molecule has 0 aliphatic carbocycles. The van der Waals surface area contributed by atoms with Gasteiger partial charge in [0.2, 0.25) is 0 Å². The Kier molecular flexibility index (Phi) is 4.29. The van der Waals surface area contributed by atoms with E-state index < -0.39 is 11.9 Å². The summed E-state index contributed by atoms with van der Waals surface area (Å²) in [6.07, 6.45) is 1.17. The van der Waals surface area contributed by atoms with E-state index in [4.69, 9.17) is 5.11 Å². The molecule has 1 N–H and O–H groups in total. The zero-order valence-electron chi connectivity index (χ0n) is 10.5. The molecule has 0 radical (unpaired) electrons. The molecule has 0 aromatic heterocycles. The van der Waals surface area contributed by atoms with Crippen LogP contribution in [0.1, 0.15) is 11.1 Å². The van der Waals surface area contributed by atoms with Gasteiger partial charge in [0.15, 0.2) is 0 Å². The summed E-state index contributed by atoms with van der Waals surface area (Å²) < 4.78 is 4.67. The highest BCUT2D eigenvalue weighted by molar-refractivity contribution is 6.28. The number of aliphatic carboxylic acids is 1. The minimum absolute atomic E-state index is 0.640. The summed E-state index contributed by atoms with van der Waals surface area (Å²) in [6.45, 7) is 0. The van der Waals surface area contributed by atoms with Crippen LogP contribution in [0, 0.1) is 0 Å². The second-order valence-electron chi connectivity index (χ2n) is 3.97. The van der Waals surface area contributed by atoms with E-state index in [0.29, 0.717) is 5.57 Å². The van der Waals surface area contributed by atoms with Gasteiger partial charge in [-0.3, -0.25) is 0 Å². The number of esters is 1. The number of rotatable bonds is 3. The molecule has 4 nitrogen and oxygen atoms in total. The van der Waals surface area contributed by atoms with Crippen LogP contribution in [0.3, 0.4) is 0 Å². The average Bonchev–Trinajstić information content (AvgIpc) is 2.49. The standard InChI is InChI=1S/C16H12O4/c17-15(18)16(19)20-11-14(12-7-3-1-4-8-12)13-9-5-2-6-10-13/h1-11H,(H,17,18). The van der Waals surface area contributed by atoms with Crippen molar-refractivity contribution in [3.05, 3.63) is 78.1 Å². The summed E-state index contributed by atoms with van der Waals surface area (Å²) in [4.78, 5) is 21.5. The Balaban J connectivity index is 2.38. The quantitative estimate of drug-likeness (QED) is 0.528. The molecule has 0 aliphatic rings. The van der Waals surface area contributed by atoms with Crippen LogP contribution in [0.15, 0.2) is 66.9 Å². The second-order valence-corrected chi connectivity index (χ2v) is 3.97. The van der Waals surface area contributed by atoms with Crippen LogP contribution < -0.4 is 0 Å². The minimum atomic E-state index is -1.62. The average molecular weight is 268 g/mol. The van der Waals surface area contributed by atoms with Gasteiger partial charge < -0.3 is 9.84 Å². The SMILES string of the molecule is O=C(O)C(=O)OC=C(c1ccccc1)c1ccccc1. The molecule has 2 rings (SSSR count). The number of benzene rings is 2. The third-order valence-electron chi connectivity index (χ3n) is 2.63. The molecule has 0 heterocycles. The Hall–Kier alpha value is -2.88. The van der Waals surface area contributed by atoms with Crippen molar-refractivity contribution < 1.29 is 19.4 Å². The molecule has 0 bridgehead atoms. The molecule has 0 unspecified atom stereocenters. The maximum atomic E-state index is 11.0. The number of carbonyl (C=O) groups excluding carboxylic acids is 1. The minimum Gasteiger partial charge on any atom is -0.473 e. The zero-order chi connectivity index (χ0) is 14.4. The summed E-state index contributed by atoms with van der Waals surface area (Å²) in [7, 11) is 0. The van der Waals surface area contributed by atoms with Crippen molar-refractivity contribution in [1.29, 1.82) is 0 Å². The number of hydrogen-bond acceptors (Lipinski definition) is 3. The van der Waals surface area contributed by atoms with Gasteiger partial charge in [-0.05, 0) is 11.1 Å². The Labute approximate surface area is 115 Å². The predicted octanol–water partition coefficient (Wildman–Crippen LogP) is 2.70. The van der Waals surface area contributed by atoms with Gasteiger partial charge in [-0.15, -0.1) is 0 Å². The van der Waals surface area contributed by atoms with Gasteiger partial charge in [0.1, 0.15) is 6.26 Å². The van der Waals surface area contributed by atoms with Crippen molar-refractivity contribution in [2.24, 2.45) is 0 Å². The molecule has 100 valence electrons. The van der Waals surface area contributed by atoms with Crippen LogP contribution in [-0.2, 0) is 14.3 Å². The highest BCUT2D eigenvalue weighted by Crippen LogP contribution is 2.23. The molecule has 0 spiro atoms. The number of ether oxygens (including phenoxy) is 1. The molecule has 0 saturated carbocycles. The van der Waals surface area contributed by atoms with Crippen molar-refractivity contribution in [2.75, 3.05) is 0 Å². The lowest BCUT2D eigenvalue weighted by Crippen LogP contribution is -2.13. The summed E-state index contributed by atoms with van der Waals surface area (Å²) in [5.74, 6) is -2.93. The van der Waals surface area contributed by atoms with Gasteiger partial charge in [0, 0.05) is 5.57 Å². The predicted molar refractivity (Wildman–Crippen MR) is 73.7 cm³/mol. The highest BCUT2D eigenvalue weighted by atomic mass is 16.6. The van der Waals surface area contributed by atoms with E-state index in [9.17, 15) is 9.59 Å². The van der Waals surface area contributed by atoms with E-state index in [0.717, 1.165) is 11.1 Å². The van der Waals surface area contributed by atoms with Crippen LogP contribution in [-0.4, -0.2) is 17.0 Å². The molecule has 0 fully saturated rings. The normalized spacial score (nSPS) is 9.60. The Bertz CT molecular complexity index is 589. The maximum Gasteiger partial charge on any atom is 0.422 e. The lowest BCUT2D eigenvalue weighted by atomic mass is 9.99. The first-order chi connectivity index (χ1) is 9.68. The fourth-order valence-corrected chi connectivity index (χ4v) is 1.70.